The highest BCUT2D eigenvalue weighted by molar-refractivity contribution is 6.35. The highest BCUT2D eigenvalue weighted by atomic mass is 35.5. The summed E-state index contributed by atoms with van der Waals surface area (Å²) >= 11 is 6.15. The van der Waals surface area contributed by atoms with Crippen LogP contribution in [0.15, 0.2) is 24.3 Å². The summed E-state index contributed by atoms with van der Waals surface area (Å²) in [6.45, 7) is 3.36. The van der Waals surface area contributed by atoms with E-state index in [9.17, 15) is 9.59 Å². The number of halogens is 1. The molecule has 2 heterocycles. The average molecular weight is 360 g/mol. The molecule has 4 rings (SSSR count). The van der Waals surface area contributed by atoms with E-state index in [-0.39, 0.29) is 11.8 Å². The van der Waals surface area contributed by atoms with E-state index in [1.807, 2.05) is 17.0 Å². The zero-order valence-corrected chi connectivity index (χ0v) is 15.0. The Kier molecular flexibility index (Phi) is 3.99. The zero-order valence-electron chi connectivity index (χ0n) is 14.3. The number of piperidine rings is 1. The minimum Gasteiger partial charge on any atom is -0.350 e. The van der Waals surface area contributed by atoms with Gasteiger partial charge in [0.25, 0.3) is 5.91 Å². The third-order valence-corrected chi connectivity index (χ3v) is 6.00. The molecule has 2 aromatic rings. The van der Waals surface area contributed by atoms with Crippen molar-refractivity contribution in [3.8, 4) is 0 Å². The molecule has 0 unspecified atom stereocenters. The Morgan fingerprint density at radius 1 is 1.24 bits per heavy atom. The molecular formula is C19H22ClN3O2. The first-order valence-electron chi connectivity index (χ1n) is 8.84. The summed E-state index contributed by atoms with van der Waals surface area (Å²) in [7, 11) is 0. The molecule has 2 amide bonds. The summed E-state index contributed by atoms with van der Waals surface area (Å²) in [5.41, 5.74) is 1.76. The quantitative estimate of drug-likeness (QED) is 0.882. The Bertz CT molecular complexity index is 830. The molecule has 2 aliphatic rings. The smallest absolute Gasteiger partial charge is 0.268 e. The molecule has 1 atom stereocenters. The number of rotatable bonds is 3. The van der Waals surface area contributed by atoms with E-state index < -0.39 is 6.04 Å². The van der Waals surface area contributed by atoms with Crippen LogP contribution in [0.2, 0.25) is 5.02 Å². The van der Waals surface area contributed by atoms with Crippen molar-refractivity contribution in [3.05, 3.63) is 35.0 Å². The molecule has 1 aromatic carbocycles. The van der Waals surface area contributed by atoms with Gasteiger partial charge < -0.3 is 15.2 Å². The maximum absolute atomic E-state index is 12.6. The van der Waals surface area contributed by atoms with Crippen molar-refractivity contribution < 1.29 is 9.59 Å². The van der Waals surface area contributed by atoms with Crippen molar-refractivity contribution in [2.45, 2.75) is 38.6 Å². The molecule has 1 aliphatic heterocycles. The highest BCUT2D eigenvalue weighted by Crippen LogP contribution is 2.53. The van der Waals surface area contributed by atoms with Gasteiger partial charge in [-0.15, -0.1) is 0 Å². The second-order valence-corrected chi connectivity index (χ2v) is 7.81. The van der Waals surface area contributed by atoms with E-state index in [2.05, 4.69) is 10.3 Å². The monoisotopic (exact) mass is 359 g/mol. The van der Waals surface area contributed by atoms with Gasteiger partial charge in [0.1, 0.15) is 11.7 Å². The second-order valence-electron chi connectivity index (χ2n) is 7.40. The number of aromatic nitrogens is 1. The lowest BCUT2D eigenvalue weighted by molar-refractivity contribution is -0.134. The number of nitrogens with one attached hydrogen (secondary N) is 2. The fraction of sp³-hybridized carbons (Fsp3) is 0.474. The van der Waals surface area contributed by atoms with E-state index in [0.717, 1.165) is 36.8 Å². The van der Waals surface area contributed by atoms with E-state index in [0.29, 0.717) is 16.1 Å². The first-order valence-corrected chi connectivity index (χ1v) is 9.22. The van der Waals surface area contributed by atoms with E-state index in [4.69, 9.17) is 11.6 Å². The van der Waals surface area contributed by atoms with Gasteiger partial charge in [-0.3, -0.25) is 9.59 Å². The fourth-order valence-corrected chi connectivity index (χ4v) is 3.96. The molecule has 132 valence electrons. The molecule has 0 bridgehead atoms. The lowest BCUT2D eigenvalue weighted by Gasteiger charge is -2.33. The third kappa shape index (κ3) is 3.13. The second kappa shape index (κ2) is 6.06. The molecule has 1 saturated heterocycles. The van der Waals surface area contributed by atoms with Gasteiger partial charge in [0.2, 0.25) is 5.91 Å². The summed E-state index contributed by atoms with van der Waals surface area (Å²) < 4.78 is 0. The topological polar surface area (TPSA) is 65.2 Å². The van der Waals surface area contributed by atoms with Crippen LogP contribution in [0.1, 0.15) is 43.1 Å². The summed E-state index contributed by atoms with van der Waals surface area (Å²) in [6, 6.07) is 6.67. The lowest BCUT2D eigenvalue weighted by atomic mass is 9.93. The summed E-state index contributed by atoms with van der Waals surface area (Å²) in [6.07, 6.45) is 4.81. The van der Waals surface area contributed by atoms with Crippen LogP contribution < -0.4 is 5.32 Å². The van der Waals surface area contributed by atoms with E-state index >= 15 is 0 Å². The van der Waals surface area contributed by atoms with Crippen LogP contribution in [0.25, 0.3) is 10.9 Å². The number of H-pyrrole nitrogens is 1. The molecule has 2 fully saturated rings. The predicted octanol–water partition coefficient (Wildman–Crippen LogP) is 3.34. The summed E-state index contributed by atoms with van der Waals surface area (Å²) in [4.78, 5) is 30.0. The molecule has 5 nitrogen and oxygen atoms in total. The SMILES string of the molecule is C[C@@H](NC(=O)c1cc2c(Cl)cccc2[nH]1)C(=O)N1CCC2(CC1)CC2. The van der Waals surface area contributed by atoms with Gasteiger partial charge in [0, 0.05) is 29.0 Å². The minimum atomic E-state index is -0.539. The van der Waals surface area contributed by atoms with E-state index in [1.54, 1.807) is 19.1 Å². The number of aromatic amines is 1. The average Bonchev–Trinajstić information content (AvgIpc) is 3.20. The van der Waals surface area contributed by atoms with Gasteiger partial charge in [0.15, 0.2) is 0 Å². The maximum atomic E-state index is 12.6. The number of nitrogens with zero attached hydrogens (tertiary/aromatic N) is 1. The van der Waals surface area contributed by atoms with Crippen molar-refractivity contribution in [2.24, 2.45) is 5.41 Å². The summed E-state index contributed by atoms with van der Waals surface area (Å²) in [5.74, 6) is -0.290. The highest BCUT2D eigenvalue weighted by Gasteiger charge is 2.45. The molecule has 1 aromatic heterocycles. The van der Waals surface area contributed by atoms with Gasteiger partial charge in [-0.05, 0) is 56.2 Å². The largest absolute Gasteiger partial charge is 0.350 e. The first-order chi connectivity index (χ1) is 12.0. The van der Waals surface area contributed by atoms with Gasteiger partial charge in [-0.25, -0.2) is 0 Å². The molecular weight excluding hydrogens is 338 g/mol. The van der Waals surface area contributed by atoms with Crippen LogP contribution in [0.4, 0.5) is 0 Å². The van der Waals surface area contributed by atoms with Crippen molar-refractivity contribution in [1.29, 1.82) is 0 Å². The Hall–Kier alpha value is -2.01. The molecule has 0 radical (unpaired) electrons. The normalized spacial score (nSPS) is 19.8. The molecule has 1 saturated carbocycles. The van der Waals surface area contributed by atoms with Crippen LogP contribution in [0.5, 0.6) is 0 Å². The number of amides is 2. The number of benzene rings is 1. The number of likely N-dealkylation sites (tertiary alicyclic amines) is 1. The number of fused-ring (bicyclic) bond motifs is 1. The van der Waals surface area contributed by atoms with Crippen LogP contribution >= 0.6 is 11.6 Å². The number of carbonyl (C=O) groups is 2. The standard InChI is InChI=1S/C19H22ClN3O2/c1-12(18(25)23-9-7-19(5-6-19)8-10-23)21-17(24)16-11-13-14(20)3-2-4-15(13)22-16/h2-4,11-12,22H,5-10H2,1H3,(H,21,24)/t12-/m1/s1. The van der Waals surface area contributed by atoms with Crippen LogP contribution in [0, 0.1) is 5.41 Å². The Morgan fingerprint density at radius 2 is 1.96 bits per heavy atom. The Morgan fingerprint density at radius 3 is 2.60 bits per heavy atom. The molecule has 25 heavy (non-hydrogen) atoms. The number of hydrogen-bond acceptors (Lipinski definition) is 2. The van der Waals surface area contributed by atoms with Crippen molar-refractivity contribution in [3.63, 3.8) is 0 Å². The van der Waals surface area contributed by atoms with Crippen LogP contribution in [-0.2, 0) is 4.79 Å². The van der Waals surface area contributed by atoms with Crippen LogP contribution in [0.3, 0.4) is 0 Å². The van der Waals surface area contributed by atoms with Crippen molar-refractivity contribution in [1.82, 2.24) is 15.2 Å². The van der Waals surface area contributed by atoms with Gasteiger partial charge >= 0.3 is 0 Å². The zero-order chi connectivity index (χ0) is 17.6. The maximum Gasteiger partial charge on any atom is 0.268 e. The molecule has 1 aliphatic carbocycles. The Balaban J connectivity index is 1.40. The third-order valence-electron chi connectivity index (χ3n) is 5.67. The van der Waals surface area contributed by atoms with E-state index in [1.165, 1.54) is 12.8 Å². The predicted molar refractivity (Wildman–Crippen MR) is 97.7 cm³/mol. The number of hydrogen-bond donors (Lipinski definition) is 2. The molecule has 2 N–H and O–H groups in total. The van der Waals surface area contributed by atoms with Crippen molar-refractivity contribution >= 4 is 34.3 Å². The fourth-order valence-electron chi connectivity index (χ4n) is 3.73. The van der Waals surface area contributed by atoms with Gasteiger partial charge in [-0.2, -0.15) is 0 Å². The Labute approximate surface area is 151 Å². The van der Waals surface area contributed by atoms with Gasteiger partial charge in [-0.1, -0.05) is 17.7 Å². The molecule has 6 heteroatoms. The van der Waals surface area contributed by atoms with Gasteiger partial charge in [0.05, 0.1) is 0 Å². The first kappa shape index (κ1) is 16.5. The minimum absolute atomic E-state index is 0.00186. The van der Waals surface area contributed by atoms with Crippen molar-refractivity contribution in [2.75, 3.05) is 13.1 Å². The van der Waals surface area contributed by atoms with Crippen LogP contribution in [-0.4, -0.2) is 40.8 Å². The summed E-state index contributed by atoms with van der Waals surface area (Å²) in [5, 5.41) is 4.21. The molecule has 1 spiro atoms. The number of carbonyl (C=O) groups excluding carboxylic acids is 2. The lowest BCUT2D eigenvalue weighted by Crippen LogP contribution is -2.49.